The summed E-state index contributed by atoms with van der Waals surface area (Å²) in [5.74, 6) is -0.267. The van der Waals surface area contributed by atoms with Gasteiger partial charge in [0.1, 0.15) is 17.6 Å². The lowest BCUT2D eigenvalue weighted by Crippen LogP contribution is -2.38. The highest BCUT2D eigenvalue weighted by atomic mass is 16.6. The summed E-state index contributed by atoms with van der Waals surface area (Å²) >= 11 is 0. The molecule has 1 aliphatic heterocycles. The van der Waals surface area contributed by atoms with E-state index in [9.17, 15) is 19.7 Å². The second-order valence-electron chi connectivity index (χ2n) is 9.97. The van der Waals surface area contributed by atoms with E-state index in [4.69, 9.17) is 14.2 Å². The molecular formula is C30H27N3O7. The average Bonchev–Trinajstić information content (AvgIpc) is 3.63. The molecular weight excluding hydrogens is 514 g/mol. The molecule has 10 heteroatoms. The Morgan fingerprint density at radius 3 is 2.05 bits per heavy atom. The van der Waals surface area contributed by atoms with E-state index in [2.05, 4.69) is 4.98 Å². The zero-order valence-electron chi connectivity index (χ0n) is 21.6. The van der Waals surface area contributed by atoms with Crippen LogP contribution in [0.3, 0.4) is 0 Å². The lowest BCUT2D eigenvalue weighted by atomic mass is 9.80. The predicted octanol–water partition coefficient (Wildman–Crippen LogP) is 3.34. The maximum Gasteiger partial charge on any atom is 0.330 e. The van der Waals surface area contributed by atoms with Crippen LogP contribution in [-0.4, -0.2) is 40.3 Å². The van der Waals surface area contributed by atoms with Crippen molar-refractivity contribution in [2.75, 3.05) is 13.7 Å². The van der Waals surface area contributed by atoms with E-state index in [0.29, 0.717) is 5.75 Å². The number of rotatable bonds is 9. The second-order valence-corrected chi connectivity index (χ2v) is 9.97. The number of nitro groups is 1. The van der Waals surface area contributed by atoms with Crippen LogP contribution >= 0.6 is 0 Å². The van der Waals surface area contributed by atoms with Crippen molar-refractivity contribution in [3.8, 4) is 5.75 Å². The number of hydrogen-bond donors (Lipinski definition) is 1. The zero-order valence-corrected chi connectivity index (χ0v) is 21.6. The number of fused-ring (bicyclic) bond motifs is 1. The average molecular weight is 542 g/mol. The van der Waals surface area contributed by atoms with E-state index in [1.807, 2.05) is 84.9 Å². The van der Waals surface area contributed by atoms with Crippen molar-refractivity contribution in [1.82, 2.24) is 9.55 Å². The van der Waals surface area contributed by atoms with Crippen LogP contribution < -0.4 is 16.0 Å². The molecule has 0 amide bonds. The Morgan fingerprint density at radius 2 is 1.50 bits per heavy atom. The molecule has 1 N–H and O–H groups in total. The van der Waals surface area contributed by atoms with Crippen LogP contribution in [0.1, 0.15) is 22.9 Å². The number of ether oxygens (including phenoxy) is 3. The number of methoxy groups -OCH3 is 1. The molecule has 1 aromatic heterocycles. The van der Waals surface area contributed by atoms with Crippen LogP contribution in [0.5, 0.6) is 5.75 Å². The van der Waals surface area contributed by atoms with Gasteiger partial charge in [0, 0.05) is 17.2 Å². The quantitative estimate of drug-likeness (QED) is 0.196. The highest BCUT2D eigenvalue weighted by molar-refractivity contribution is 5.48. The van der Waals surface area contributed by atoms with Crippen molar-refractivity contribution in [2.24, 2.45) is 11.8 Å². The molecule has 2 fully saturated rings. The Kier molecular flexibility index (Phi) is 6.57. The summed E-state index contributed by atoms with van der Waals surface area (Å²) in [7, 11) is 1.60. The van der Waals surface area contributed by atoms with Crippen molar-refractivity contribution in [1.29, 1.82) is 0 Å². The Bertz CT molecular complexity index is 1580. The van der Waals surface area contributed by atoms with E-state index in [0.717, 1.165) is 16.7 Å². The lowest BCUT2D eigenvalue weighted by molar-refractivity contribution is -0.507. The molecule has 6 rings (SSSR count). The van der Waals surface area contributed by atoms with Crippen molar-refractivity contribution < 1.29 is 19.1 Å². The minimum atomic E-state index is -1.07. The first-order valence-corrected chi connectivity index (χ1v) is 12.9. The number of aromatic nitrogens is 2. The van der Waals surface area contributed by atoms with Crippen LogP contribution in [0, 0.1) is 22.0 Å². The molecule has 204 valence electrons. The summed E-state index contributed by atoms with van der Waals surface area (Å²) < 4.78 is 19.7. The molecule has 0 radical (unpaired) electrons. The van der Waals surface area contributed by atoms with E-state index in [-0.39, 0.29) is 11.5 Å². The Labute approximate surface area is 228 Å². The van der Waals surface area contributed by atoms with Crippen LogP contribution in [0.4, 0.5) is 0 Å². The molecule has 2 heterocycles. The van der Waals surface area contributed by atoms with E-state index < -0.39 is 47.1 Å². The fourth-order valence-corrected chi connectivity index (χ4v) is 5.97. The van der Waals surface area contributed by atoms with Crippen LogP contribution in [0.2, 0.25) is 0 Å². The third-order valence-electron chi connectivity index (χ3n) is 7.86. The van der Waals surface area contributed by atoms with Gasteiger partial charge in [0.2, 0.25) is 6.04 Å². The van der Waals surface area contributed by atoms with Crippen molar-refractivity contribution >= 4 is 0 Å². The van der Waals surface area contributed by atoms with Gasteiger partial charge in [-0.1, -0.05) is 72.8 Å². The molecule has 0 bridgehead atoms. The molecule has 1 saturated carbocycles. The molecule has 1 aliphatic carbocycles. The Hall–Kier alpha value is -4.54. The van der Waals surface area contributed by atoms with Gasteiger partial charge in [-0.3, -0.25) is 24.5 Å². The largest absolute Gasteiger partial charge is 0.497 e. The van der Waals surface area contributed by atoms with Gasteiger partial charge in [-0.2, -0.15) is 0 Å². The first-order chi connectivity index (χ1) is 19.4. The summed E-state index contributed by atoms with van der Waals surface area (Å²) in [5.41, 5.74) is 0.293. The molecule has 4 aromatic rings. The number of hydrogen-bond acceptors (Lipinski definition) is 7. The number of nitrogens with one attached hydrogen (secondary N) is 1. The Morgan fingerprint density at radius 1 is 0.900 bits per heavy atom. The monoisotopic (exact) mass is 541 g/mol. The predicted molar refractivity (Wildman–Crippen MR) is 145 cm³/mol. The van der Waals surface area contributed by atoms with E-state index in [1.54, 1.807) is 7.11 Å². The van der Waals surface area contributed by atoms with Crippen LogP contribution in [-0.2, 0) is 15.1 Å². The molecule has 10 nitrogen and oxygen atoms in total. The third-order valence-corrected chi connectivity index (χ3v) is 7.86. The smallest absolute Gasteiger partial charge is 0.330 e. The number of H-pyrrole nitrogens is 1. The molecule has 1 unspecified atom stereocenters. The number of nitrogens with zero attached hydrogens (tertiary/aromatic N) is 2. The second kappa shape index (κ2) is 10.2. The lowest BCUT2D eigenvalue weighted by Gasteiger charge is -2.37. The Balaban J connectivity index is 1.40. The van der Waals surface area contributed by atoms with Gasteiger partial charge in [-0.15, -0.1) is 0 Å². The summed E-state index contributed by atoms with van der Waals surface area (Å²) in [6, 6.07) is 27.5. The van der Waals surface area contributed by atoms with Gasteiger partial charge in [0.15, 0.2) is 0 Å². The standard InChI is InChI=1S/C30H27N3O7/c1-38-22-14-12-21(13-15-22)30(19-8-4-2-5-9-19,20-10-6-3-7-11-20)39-18-23-25-26(27(25)33(36)37)28(40-23)32-17-16-24(34)31-29(32)35/h2-17,23,25-28H,18H2,1H3,(H,31,34,35)/t23-,25+,26-,27?,28-/m1/s1. The summed E-state index contributed by atoms with van der Waals surface area (Å²) in [4.78, 5) is 37.9. The van der Waals surface area contributed by atoms with E-state index >= 15 is 0 Å². The van der Waals surface area contributed by atoms with Gasteiger partial charge in [-0.25, -0.2) is 4.79 Å². The number of benzene rings is 3. The number of aromatic amines is 1. The highest BCUT2D eigenvalue weighted by Crippen LogP contribution is 2.58. The molecule has 5 atom stereocenters. The van der Waals surface area contributed by atoms with Gasteiger partial charge < -0.3 is 14.2 Å². The molecule has 40 heavy (non-hydrogen) atoms. The molecule has 3 aromatic carbocycles. The third kappa shape index (κ3) is 4.31. The van der Waals surface area contributed by atoms with Crippen LogP contribution in [0.25, 0.3) is 0 Å². The summed E-state index contributed by atoms with van der Waals surface area (Å²) in [6.07, 6.45) is -0.228. The fourth-order valence-electron chi connectivity index (χ4n) is 5.97. The fraction of sp³-hybridized carbons (Fsp3) is 0.267. The molecule has 2 aliphatic rings. The van der Waals surface area contributed by atoms with Crippen molar-refractivity contribution in [3.05, 3.63) is 145 Å². The first-order valence-electron chi connectivity index (χ1n) is 12.9. The maximum atomic E-state index is 12.5. The minimum Gasteiger partial charge on any atom is -0.497 e. The highest BCUT2D eigenvalue weighted by Gasteiger charge is 2.73. The summed E-state index contributed by atoms with van der Waals surface area (Å²) in [6.45, 7) is 0.0237. The zero-order chi connectivity index (χ0) is 27.9. The molecule has 0 spiro atoms. The van der Waals surface area contributed by atoms with Gasteiger partial charge >= 0.3 is 5.69 Å². The summed E-state index contributed by atoms with van der Waals surface area (Å²) in [5, 5.41) is 11.9. The minimum absolute atomic E-state index is 0.0237. The SMILES string of the molecule is COc1ccc(C(OC[C@H]2O[C@@H](n3ccc(=O)[nH]c3=O)[C@H]3C([N+](=O)[O-])[C@H]32)(c2ccccc2)c2ccccc2)cc1. The topological polar surface area (TPSA) is 126 Å². The van der Waals surface area contributed by atoms with Gasteiger partial charge in [0.25, 0.3) is 5.56 Å². The van der Waals surface area contributed by atoms with E-state index in [1.165, 1.54) is 16.8 Å². The van der Waals surface area contributed by atoms with Crippen molar-refractivity contribution in [2.45, 2.75) is 24.0 Å². The van der Waals surface area contributed by atoms with Gasteiger partial charge in [-0.05, 0) is 28.8 Å². The maximum absolute atomic E-state index is 12.5. The normalized spacial score (nSPS) is 23.4. The van der Waals surface area contributed by atoms with Crippen molar-refractivity contribution in [3.63, 3.8) is 0 Å². The first kappa shape index (κ1) is 25.7. The van der Waals surface area contributed by atoms with Crippen LogP contribution in [0.15, 0.2) is 107 Å². The molecule has 1 saturated heterocycles. The van der Waals surface area contributed by atoms with Gasteiger partial charge in [0.05, 0.1) is 31.7 Å².